The molecule has 1 aromatic heterocycles. The third-order valence-corrected chi connectivity index (χ3v) is 4.08. The van der Waals surface area contributed by atoms with Gasteiger partial charge in [0.1, 0.15) is 17.7 Å². The standard InChI is InChI=1S/C17H29N3O/c1-4-8-15-19-16(18-11-5-2)12-17(20-15)21-14-10-7-6-9-13(14)3/h12-14H,4-11H2,1-3H3,(H,18,19,20). The zero-order chi connectivity index (χ0) is 15.1. The van der Waals surface area contributed by atoms with Crippen molar-refractivity contribution in [2.75, 3.05) is 11.9 Å². The van der Waals surface area contributed by atoms with Crippen LogP contribution in [0.25, 0.3) is 0 Å². The molecule has 0 bridgehead atoms. The quantitative estimate of drug-likeness (QED) is 0.817. The van der Waals surface area contributed by atoms with Crippen LogP contribution in [0.3, 0.4) is 0 Å². The molecule has 1 N–H and O–H groups in total. The molecule has 4 nitrogen and oxygen atoms in total. The number of nitrogens with zero attached hydrogens (tertiary/aromatic N) is 2. The third kappa shape index (κ3) is 4.87. The second-order valence-electron chi connectivity index (χ2n) is 6.10. The van der Waals surface area contributed by atoms with Gasteiger partial charge in [0.15, 0.2) is 0 Å². The van der Waals surface area contributed by atoms with Gasteiger partial charge >= 0.3 is 0 Å². The molecule has 1 aliphatic rings. The molecular formula is C17H29N3O. The fourth-order valence-electron chi connectivity index (χ4n) is 2.82. The van der Waals surface area contributed by atoms with E-state index in [1.807, 2.05) is 6.07 Å². The average molecular weight is 291 g/mol. The van der Waals surface area contributed by atoms with Crippen molar-refractivity contribution in [1.82, 2.24) is 9.97 Å². The molecule has 2 atom stereocenters. The first-order valence-corrected chi connectivity index (χ1v) is 8.51. The van der Waals surface area contributed by atoms with Crippen LogP contribution >= 0.6 is 0 Å². The lowest BCUT2D eigenvalue weighted by Gasteiger charge is -2.29. The lowest BCUT2D eigenvalue weighted by molar-refractivity contribution is 0.0972. The van der Waals surface area contributed by atoms with E-state index >= 15 is 0 Å². The number of aromatic nitrogens is 2. The largest absolute Gasteiger partial charge is 0.474 e. The van der Waals surface area contributed by atoms with Crippen LogP contribution in [0, 0.1) is 5.92 Å². The summed E-state index contributed by atoms with van der Waals surface area (Å²) < 4.78 is 6.18. The Bertz CT molecular complexity index is 436. The molecule has 1 fully saturated rings. The summed E-state index contributed by atoms with van der Waals surface area (Å²) >= 11 is 0. The first-order valence-electron chi connectivity index (χ1n) is 8.51. The predicted molar refractivity (Wildman–Crippen MR) is 86.9 cm³/mol. The Balaban J connectivity index is 2.10. The number of aryl methyl sites for hydroxylation is 1. The van der Waals surface area contributed by atoms with Gasteiger partial charge in [-0.15, -0.1) is 0 Å². The van der Waals surface area contributed by atoms with Crippen LogP contribution in [-0.4, -0.2) is 22.6 Å². The van der Waals surface area contributed by atoms with E-state index < -0.39 is 0 Å². The van der Waals surface area contributed by atoms with Crippen molar-refractivity contribution in [3.8, 4) is 5.88 Å². The van der Waals surface area contributed by atoms with Gasteiger partial charge in [0.2, 0.25) is 5.88 Å². The van der Waals surface area contributed by atoms with Crippen LogP contribution in [0.1, 0.15) is 65.1 Å². The molecule has 1 heterocycles. The lowest BCUT2D eigenvalue weighted by atomic mass is 9.88. The maximum absolute atomic E-state index is 6.18. The molecule has 0 aromatic carbocycles. The fraction of sp³-hybridized carbons (Fsp3) is 0.765. The van der Waals surface area contributed by atoms with E-state index in [0.717, 1.165) is 49.8 Å². The number of ether oxygens (including phenoxy) is 1. The SMILES string of the molecule is CCCNc1cc(OC2CCCCC2C)nc(CCC)n1. The molecule has 4 heteroatoms. The second kappa shape index (κ2) is 8.20. The Hall–Kier alpha value is -1.32. The highest BCUT2D eigenvalue weighted by molar-refractivity contribution is 5.38. The van der Waals surface area contributed by atoms with Crippen LogP contribution in [0.15, 0.2) is 6.07 Å². The Morgan fingerprint density at radius 1 is 1.19 bits per heavy atom. The van der Waals surface area contributed by atoms with Crippen LogP contribution in [0.4, 0.5) is 5.82 Å². The first kappa shape index (κ1) is 16.1. The highest BCUT2D eigenvalue weighted by Crippen LogP contribution is 2.28. The van der Waals surface area contributed by atoms with Crippen LogP contribution in [0.2, 0.25) is 0 Å². The van der Waals surface area contributed by atoms with Gasteiger partial charge in [-0.1, -0.05) is 27.2 Å². The average Bonchev–Trinajstić information content (AvgIpc) is 2.48. The number of hydrogen-bond acceptors (Lipinski definition) is 4. The summed E-state index contributed by atoms with van der Waals surface area (Å²) in [5, 5.41) is 3.35. The fourth-order valence-corrected chi connectivity index (χ4v) is 2.82. The van der Waals surface area contributed by atoms with Crippen molar-refractivity contribution in [2.24, 2.45) is 5.92 Å². The van der Waals surface area contributed by atoms with Crippen molar-refractivity contribution in [2.45, 2.75) is 71.8 Å². The van der Waals surface area contributed by atoms with E-state index in [1.165, 1.54) is 19.3 Å². The van der Waals surface area contributed by atoms with Gasteiger partial charge in [0.25, 0.3) is 0 Å². The van der Waals surface area contributed by atoms with Crippen molar-refractivity contribution in [1.29, 1.82) is 0 Å². The van der Waals surface area contributed by atoms with E-state index in [-0.39, 0.29) is 0 Å². The maximum Gasteiger partial charge on any atom is 0.219 e. The summed E-state index contributed by atoms with van der Waals surface area (Å²) in [5.74, 6) is 3.15. The minimum atomic E-state index is 0.308. The van der Waals surface area contributed by atoms with Crippen molar-refractivity contribution in [3.63, 3.8) is 0 Å². The molecule has 0 radical (unpaired) electrons. The predicted octanol–water partition coefficient (Wildman–Crippen LogP) is 4.21. The van der Waals surface area contributed by atoms with Crippen molar-refractivity contribution in [3.05, 3.63) is 11.9 Å². The van der Waals surface area contributed by atoms with Gasteiger partial charge in [-0.2, -0.15) is 4.98 Å². The highest BCUT2D eigenvalue weighted by atomic mass is 16.5. The molecule has 21 heavy (non-hydrogen) atoms. The topological polar surface area (TPSA) is 47.0 Å². The minimum Gasteiger partial charge on any atom is -0.474 e. The molecule has 2 rings (SSSR count). The van der Waals surface area contributed by atoms with Crippen LogP contribution < -0.4 is 10.1 Å². The smallest absolute Gasteiger partial charge is 0.219 e. The van der Waals surface area contributed by atoms with Crippen LogP contribution in [0.5, 0.6) is 5.88 Å². The van der Waals surface area contributed by atoms with Gasteiger partial charge < -0.3 is 10.1 Å². The molecule has 2 unspecified atom stereocenters. The molecule has 0 spiro atoms. The highest BCUT2D eigenvalue weighted by Gasteiger charge is 2.23. The summed E-state index contributed by atoms with van der Waals surface area (Å²) in [6.07, 6.45) is 8.35. The molecule has 118 valence electrons. The molecule has 0 saturated heterocycles. The number of nitrogens with one attached hydrogen (secondary N) is 1. The monoisotopic (exact) mass is 291 g/mol. The maximum atomic E-state index is 6.18. The van der Waals surface area contributed by atoms with Crippen molar-refractivity contribution < 1.29 is 4.74 Å². The summed E-state index contributed by atoms with van der Waals surface area (Å²) in [5.41, 5.74) is 0. The van der Waals surface area contributed by atoms with E-state index in [0.29, 0.717) is 12.0 Å². The first-order chi connectivity index (χ1) is 10.2. The Morgan fingerprint density at radius 2 is 2.00 bits per heavy atom. The van der Waals surface area contributed by atoms with E-state index in [2.05, 4.69) is 36.1 Å². The molecule has 1 saturated carbocycles. The third-order valence-electron chi connectivity index (χ3n) is 4.08. The zero-order valence-electron chi connectivity index (χ0n) is 13.7. The molecule has 0 aliphatic heterocycles. The van der Waals surface area contributed by atoms with Gasteiger partial charge in [0.05, 0.1) is 0 Å². The Kier molecular flexibility index (Phi) is 6.27. The van der Waals surface area contributed by atoms with Gasteiger partial charge in [-0.3, -0.25) is 0 Å². The normalized spacial score (nSPS) is 22.0. The summed E-state index contributed by atoms with van der Waals surface area (Å²) in [7, 11) is 0. The summed E-state index contributed by atoms with van der Waals surface area (Å²) in [6, 6.07) is 1.95. The Morgan fingerprint density at radius 3 is 2.71 bits per heavy atom. The second-order valence-corrected chi connectivity index (χ2v) is 6.10. The lowest BCUT2D eigenvalue weighted by Crippen LogP contribution is -2.28. The summed E-state index contributed by atoms with van der Waals surface area (Å²) in [6.45, 7) is 7.53. The van der Waals surface area contributed by atoms with E-state index in [4.69, 9.17) is 4.74 Å². The minimum absolute atomic E-state index is 0.308. The van der Waals surface area contributed by atoms with Gasteiger partial charge in [-0.05, 0) is 38.0 Å². The van der Waals surface area contributed by atoms with Crippen LogP contribution in [-0.2, 0) is 6.42 Å². The molecule has 1 aliphatic carbocycles. The molecule has 0 amide bonds. The van der Waals surface area contributed by atoms with E-state index in [9.17, 15) is 0 Å². The Labute approximate surface area is 128 Å². The van der Waals surface area contributed by atoms with Gasteiger partial charge in [0, 0.05) is 19.0 Å². The molecule has 1 aromatic rings. The number of hydrogen-bond donors (Lipinski definition) is 1. The van der Waals surface area contributed by atoms with E-state index in [1.54, 1.807) is 0 Å². The number of rotatable bonds is 7. The summed E-state index contributed by atoms with van der Waals surface area (Å²) in [4.78, 5) is 9.16. The van der Waals surface area contributed by atoms with Gasteiger partial charge in [-0.25, -0.2) is 4.98 Å². The molecular weight excluding hydrogens is 262 g/mol. The van der Waals surface area contributed by atoms with Crippen molar-refractivity contribution >= 4 is 5.82 Å². The number of anilines is 1. The zero-order valence-corrected chi connectivity index (χ0v) is 13.7.